The maximum atomic E-state index is 14.2. The summed E-state index contributed by atoms with van der Waals surface area (Å²) in [4.78, 5) is 4.20. The summed E-state index contributed by atoms with van der Waals surface area (Å²) in [5, 5.41) is 11.3. The minimum Gasteiger partial charge on any atom is -0.497 e. The van der Waals surface area contributed by atoms with Gasteiger partial charge in [0.2, 0.25) is 0 Å². The second-order valence-electron chi connectivity index (χ2n) is 5.88. The molecule has 0 amide bonds. The predicted molar refractivity (Wildman–Crippen MR) is 98.7 cm³/mol. The summed E-state index contributed by atoms with van der Waals surface area (Å²) in [6, 6.07) is 12.9. The molecule has 0 saturated heterocycles. The number of nitrogen functional groups attached to an aromatic ring is 1. The Hall–Kier alpha value is -3.88. The van der Waals surface area contributed by atoms with Crippen molar-refractivity contribution in [3.63, 3.8) is 0 Å². The van der Waals surface area contributed by atoms with Crippen molar-refractivity contribution in [2.75, 3.05) is 12.8 Å². The molecule has 2 aromatic carbocycles. The molecule has 2 aromatic heterocycles. The molecule has 0 aliphatic heterocycles. The SMILES string of the molecule is COc1cccc(-c2cnc(N)c(-c3nnnn3-c3cccc(F)c3F)c2)c1. The van der Waals surface area contributed by atoms with Crippen LogP contribution >= 0.6 is 0 Å². The molecule has 0 aliphatic carbocycles. The average Bonchev–Trinajstić information content (AvgIpc) is 3.20. The van der Waals surface area contributed by atoms with Crippen molar-refractivity contribution in [2.24, 2.45) is 0 Å². The molecule has 0 unspecified atom stereocenters. The van der Waals surface area contributed by atoms with Gasteiger partial charge in [0.25, 0.3) is 0 Å². The monoisotopic (exact) mass is 380 g/mol. The molecule has 0 bridgehead atoms. The number of hydrogen-bond donors (Lipinski definition) is 1. The molecular weight excluding hydrogens is 366 g/mol. The van der Waals surface area contributed by atoms with E-state index in [9.17, 15) is 8.78 Å². The van der Waals surface area contributed by atoms with E-state index in [1.165, 1.54) is 12.1 Å². The maximum Gasteiger partial charge on any atom is 0.190 e. The van der Waals surface area contributed by atoms with E-state index >= 15 is 0 Å². The summed E-state index contributed by atoms with van der Waals surface area (Å²) in [5.74, 6) is -1.09. The second-order valence-corrected chi connectivity index (χ2v) is 5.88. The van der Waals surface area contributed by atoms with Crippen LogP contribution in [0.5, 0.6) is 5.75 Å². The van der Waals surface area contributed by atoms with Gasteiger partial charge in [-0.15, -0.1) is 5.10 Å². The minimum absolute atomic E-state index is 0.133. The summed E-state index contributed by atoms with van der Waals surface area (Å²) in [5.41, 5.74) is 7.84. The smallest absolute Gasteiger partial charge is 0.190 e. The standard InChI is InChI=1S/C19H14F2N6O/c1-28-13-5-2-4-11(8-13)12-9-14(18(22)23-10-12)19-24-25-26-27(19)16-7-3-6-15(20)17(16)21/h2-10H,1H3,(H2,22,23). The van der Waals surface area contributed by atoms with Crippen LogP contribution < -0.4 is 10.5 Å². The topological polar surface area (TPSA) is 91.7 Å². The number of tetrazole rings is 1. The highest BCUT2D eigenvalue weighted by Gasteiger charge is 2.19. The highest BCUT2D eigenvalue weighted by Crippen LogP contribution is 2.31. The van der Waals surface area contributed by atoms with E-state index in [0.29, 0.717) is 11.3 Å². The largest absolute Gasteiger partial charge is 0.497 e. The zero-order valence-corrected chi connectivity index (χ0v) is 14.7. The van der Waals surface area contributed by atoms with Gasteiger partial charge in [0.1, 0.15) is 17.3 Å². The Kier molecular flexibility index (Phi) is 4.40. The molecule has 2 heterocycles. The lowest BCUT2D eigenvalue weighted by atomic mass is 10.0. The normalized spacial score (nSPS) is 10.8. The maximum absolute atomic E-state index is 14.2. The first kappa shape index (κ1) is 17.5. The van der Waals surface area contributed by atoms with Crippen LogP contribution in [0.2, 0.25) is 0 Å². The summed E-state index contributed by atoms with van der Waals surface area (Å²) in [6.45, 7) is 0. The van der Waals surface area contributed by atoms with E-state index in [2.05, 4.69) is 20.5 Å². The van der Waals surface area contributed by atoms with E-state index in [4.69, 9.17) is 10.5 Å². The van der Waals surface area contributed by atoms with Crippen molar-refractivity contribution >= 4 is 5.82 Å². The zero-order valence-electron chi connectivity index (χ0n) is 14.7. The van der Waals surface area contributed by atoms with E-state index in [1.54, 1.807) is 19.4 Å². The van der Waals surface area contributed by atoms with Gasteiger partial charge in [-0.1, -0.05) is 18.2 Å². The molecule has 4 rings (SSSR count). The van der Waals surface area contributed by atoms with Crippen molar-refractivity contribution in [1.29, 1.82) is 0 Å². The highest BCUT2D eigenvalue weighted by atomic mass is 19.2. The molecule has 28 heavy (non-hydrogen) atoms. The lowest BCUT2D eigenvalue weighted by Crippen LogP contribution is -2.06. The number of ether oxygens (including phenoxy) is 1. The van der Waals surface area contributed by atoms with E-state index < -0.39 is 11.6 Å². The van der Waals surface area contributed by atoms with Gasteiger partial charge in [-0.3, -0.25) is 0 Å². The number of anilines is 1. The Balaban J connectivity index is 1.85. The third-order valence-corrected chi connectivity index (χ3v) is 4.19. The summed E-state index contributed by atoms with van der Waals surface area (Å²) in [6.07, 6.45) is 1.60. The Morgan fingerprint density at radius 3 is 2.68 bits per heavy atom. The summed E-state index contributed by atoms with van der Waals surface area (Å²) >= 11 is 0. The van der Waals surface area contributed by atoms with E-state index in [-0.39, 0.29) is 17.3 Å². The lowest BCUT2D eigenvalue weighted by Gasteiger charge is -2.10. The molecule has 9 heteroatoms. The molecule has 0 atom stereocenters. The Labute approximate surface area is 158 Å². The Morgan fingerprint density at radius 2 is 1.86 bits per heavy atom. The fourth-order valence-electron chi connectivity index (χ4n) is 2.79. The molecule has 0 fully saturated rings. The van der Waals surface area contributed by atoms with Crippen LogP contribution in [0.4, 0.5) is 14.6 Å². The number of methoxy groups -OCH3 is 1. The first-order valence-electron chi connectivity index (χ1n) is 8.21. The van der Waals surface area contributed by atoms with Crippen LogP contribution in [0, 0.1) is 11.6 Å². The van der Waals surface area contributed by atoms with Gasteiger partial charge >= 0.3 is 0 Å². The Morgan fingerprint density at radius 1 is 1.04 bits per heavy atom. The van der Waals surface area contributed by atoms with Gasteiger partial charge in [0, 0.05) is 11.8 Å². The highest BCUT2D eigenvalue weighted by molar-refractivity contribution is 5.76. The number of nitrogens with two attached hydrogens (primary N) is 1. The van der Waals surface area contributed by atoms with Crippen LogP contribution in [0.3, 0.4) is 0 Å². The average molecular weight is 380 g/mol. The lowest BCUT2D eigenvalue weighted by molar-refractivity contribution is 0.415. The van der Waals surface area contributed by atoms with Gasteiger partial charge in [-0.05, 0) is 46.3 Å². The van der Waals surface area contributed by atoms with Gasteiger partial charge in [-0.25, -0.2) is 13.8 Å². The third kappa shape index (κ3) is 3.02. The number of benzene rings is 2. The molecular formula is C19H14F2N6O. The quantitative estimate of drug-likeness (QED) is 0.584. The molecule has 0 aliphatic rings. The van der Waals surface area contributed by atoms with Crippen molar-refractivity contribution in [3.05, 3.63) is 66.4 Å². The van der Waals surface area contributed by atoms with Gasteiger partial charge in [0.15, 0.2) is 17.5 Å². The van der Waals surface area contributed by atoms with Gasteiger partial charge in [0.05, 0.1) is 12.7 Å². The first-order valence-corrected chi connectivity index (χ1v) is 8.21. The fourth-order valence-corrected chi connectivity index (χ4v) is 2.79. The van der Waals surface area contributed by atoms with Gasteiger partial charge in [-0.2, -0.15) is 4.68 Å². The molecule has 0 spiro atoms. The Bertz CT molecular complexity index is 1160. The van der Waals surface area contributed by atoms with Crippen molar-refractivity contribution in [2.45, 2.75) is 0 Å². The van der Waals surface area contributed by atoms with E-state index in [0.717, 1.165) is 21.9 Å². The fraction of sp³-hybridized carbons (Fsp3) is 0.0526. The second kappa shape index (κ2) is 7.03. The number of hydrogen-bond acceptors (Lipinski definition) is 6. The molecule has 7 nitrogen and oxygen atoms in total. The number of halogens is 2. The van der Waals surface area contributed by atoms with E-state index in [1.807, 2.05) is 24.3 Å². The van der Waals surface area contributed by atoms with Crippen LogP contribution in [-0.4, -0.2) is 32.3 Å². The number of pyridine rings is 1. The molecule has 0 saturated carbocycles. The predicted octanol–water partition coefficient (Wildman–Crippen LogP) is 3.26. The van der Waals surface area contributed by atoms with Crippen LogP contribution in [0.15, 0.2) is 54.7 Å². The third-order valence-electron chi connectivity index (χ3n) is 4.19. The zero-order chi connectivity index (χ0) is 19.7. The van der Waals surface area contributed by atoms with Crippen molar-refractivity contribution in [3.8, 4) is 34.0 Å². The summed E-state index contributed by atoms with van der Waals surface area (Å²) < 4.78 is 34.2. The van der Waals surface area contributed by atoms with Gasteiger partial charge < -0.3 is 10.5 Å². The number of rotatable bonds is 4. The first-order chi connectivity index (χ1) is 13.6. The molecule has 0 radical (unpaired) electrons. The van der Waals surface area contributed by atoms with Crippen molar-refractivity contribution in [1.82, 2.24) is 25.2 Å². The van der Waals surface area contributed by atoms with Crippen LogP contribution in [0.1, 0.15) is 0 Å². The number of nitrogens with zero attached hydrogens (tertiary/aromatic N) is 5. The molecule has 4 aromatic rings. The minimum atomic E-state index is -1.06. The van der Waals surface area contributed by atoms with Crippen LogP contribution in [0.25, 0.3) is 28.2 Å². The molecule has 140 valence electrons. The molecule has 2 N–H and O–H groups in total. The van der Waals surface area contributed by atoms with Crippen molar-refractivity contribution < 1.29 is 13.5 Å². The summed E-state index contributed by atoms with van der Waals surface area (Å²) in [7, 11) is 1.58. The number of aromatic nitrogens is 5. The van der Waals surface area contributed by atoms with Crippen LogP contribution in [-0.2, 0) is 0 Å².